The molecule has 0 spiro atoms. The number of carbonyl (C=O) groups excluding carboxylic acids is 3. The first kappa shape index (κ1) is 75.1. The molecule has 0 aliphatic rings. The van der Waals surface area contributed by atoms with Gasteiger partial charge in [0.15, 0.2) is 6.10 Å². The molecule has 0 aliphatic carbocycles. The maximum Gasteiger partial charge on any atom is 0.306 e. The topological polar surface area (TPSA) is 78.9 Å². The Balaban J connectivity index is 4.20. The summed E-state index contributed by atoms with van der Waals surface area (Å²) in [6.45, 7) is 6.52. The van der Waals surface area contributed by atoms with Crippen LogP contribution in [0.15, 0.2) is 60.8 Å². The van der Waals surface area contributed by atoms with Gasteiger partial charge in [-0.25, -0.2) is 0 Å². The zero-order valence-electron chi connectivity index (χ0n) is 52.2. The van der Waals surface area contributed by atoms with Crippen molar-refractivity contribution in [3.8, 4) is 0 Å². The summed E-state index contributed by atoms with van der Waals surface area (Å²) in [6, 6.07) is 0. The fraction of sp³-hybridized carbons (Fsp3) is 0.819. The van der Waals surface area contributed by atoms with E-state index in [0.717, 1.165) is 103 Å². The van der Waals surface area contributed by atoms with E-state index in [1.165, 1.54) is 218 Å². The molecule has 0 bridgehead atoms. The van der Waals surface area contributed by atoms with Gasteiger partial charge >= 0.3 is 17.9 Å². The van der Waals surface area contributed by atoms with Crippen molar-refractivity contribution in [2.45, 2.75) is 367 Å². The van der Waals surface area contributed by atoms with E-state index in [4.69, 9.17) is 14.2 Å². The SMILES string of the molecule is CC/C=C\C/C=C\C/C=C\CCCCCCCCCC(=O)OC(COC(=O)CCCCCCC/C=C\C/C=C\CCCC)COC(=O)CCCCCCCCCCCCCCCCCCCCCCCCCCCCCCC. The van der Waals surface area contributed by atoms with Crippen LogP contribution in [0.3, 0.4) is 0 Å². The summed E-state index contributed by atoms with van der Waals surface area (Å²) in [7, 11) is 0. The third kappa shape index (κ3) is 63.9. The summed E-state index contributed by atoms with van der Waals surface area (Å²) in [5.41, 5.74) is 0. The van der Waals surface area contributed by atoms with Crippen LogP contribution in [0.5, 0.6) is 0 Å². The number of hydrogen-bond acceptors (Lipinski definition) is 6. The van der Waals surface area contributed by atoms with E-state index in [1.54, 1.807) is 0 Å². The summed E-state index contributed by atoms with van der Waals surface area (Å²) in [5, 5.41) is 0. The first-order valence-corrected chi connectivity index (χ1v) is 34.3. The lowest BCUT2D eigenvalue weighted by Crippen LogP contribution is -2.30. The molecule has 0 aliphatic heterocycles. The van der Waals surface area contributed by atoms with Crippen LogP contribution in [0.1, 0.15) is 361 Å². The number of allylic oxidation sites excluding steroid dienone is 10. The van der Waals surface area contributed by atoms with Gasteiger partial charge in [0, 0.05) is 19.3 Å². The van der Waals surface area contributed by atoms with Crippen molar-refractivity contribution in [1.29, 1.82) is 0 Å². The highest BCUT2D eigenvalue weighted by atomic mass is 16.6. The quantitative estimate of drug-likeness (QED) is 0.0261. The van der Waals surface area contributed by atoms with Crippen molar-refractivity contribution in [2.24, 2.45) is 0 Å². The van der Waals surface area contributed by atoms with Crippen molar-refractivity contribution < 1.29 is 28.6 Å². The first-order valence-electron chi connectivity index (χ1n) is 34.3. The standard InChI is InChI=1S/C72H130O6/c1-4-7-10-13-16-19-22-25-28-30-31-32-33-34-35-36-37-38-39-40-41-43-44-47-50-53-56-59-62-65-71(74)77-68-69(67-76-70(73)64-61-58-55-52-49-46-27-24-21-18-15-12-9-6-3)78-72(75)66-63-60-57-54-51-48-45-42-29-26-23-20-17-14-11-8-5-2/h8,11,15,17-18,20,24,26-27,29,69H,4-7,9-10,12-14,16,19,21-23,25,28,30-68H2,1-3H3/b11-8-,18-15-,20-17-,27-24-,29-26-. The molecule has 454 valence electrons. The molecule has 0 fully saturated rings. The molecule has 6 heteroatoms. The summed E-state index contributed by atoms with van der Waals surface area (Å²) in [4.78, 5) is 38.3. The number of ether oxygens (including phenoxy) is 3. The Hall–Kier alpha value is -2.89. The molecule has 0 aromatic rings. The van der Waals surface area contributed by atoms with E-state index in [-0.39, 0.29) is 31.1 Å². The Labute approximate surface area is 485 Å². The summed E-state index contributed by atoms with van der Waals surface area (Å²) in [5.74, 6) is -0.885. The van der Waals surface area contributed by atoms with Crippen LogP contribution in [-0.2, 0) is 28.6 Å². The molecule has 0 aromatic carbocycles. The van der Waals surface area contributed by atoms with Gasteiger partial charge in [-0.1, -0.05) is 326 Å². The van der Waals surface area contributed by atoms with E-state index in [2.05, 4.69) is 81.5 Å². The normalized spacial score (nSPS) is 12.4. The van der Waals surface area contributed by atoms with Crippen LogP contribution in [0.25, 0.3) is 0 Å². The molecular weight excluding hydrogens is 961 g/mol. The molecular formula is C72H130O6. The predicted octanol–water partition coefficient (Wildman–Crippen LogP) is 23.5. The fourth-order valence-electron chi connectivity index (χ4n) is 10.1. The van der Waals surface area contributed by atoms with Gasteiger partial charge in [0.25, 0.3) is 0 Å². The Bertz CT molecular complexity index is 1390. The second-order valence-corrected chi connectivity index (χ2v) is 23.1. The van der Waals surface area contributed by atoms with Crippen molar-refractivity contribution in [1.82, 2.24) is 0 Å². The first-order chi connectivity index (χ1) is 38.5. The third-order valence-electron chi connectivity index (χ3n) is 15.3. The minimum absolute atomic E-state index is 0.0798. The fourth-order valence-corrected chi connectivity index (χ4v) is 10.1. The van der Waals surface area contributed by atoms with Crippen LogP contribution in [0, 0.1) is 0 Å². The summed E-state index contributed by atoms with van der Waals surface area (Å²) >= 11 is 0. The molecule has 1 atom stereocenters. The minimum Gasteiger partial charge on any atom is -0.462 e. The molecule has 0 radical (unpaired) electrons. The lowest BCUT2D eigenvalue weighted by atomic mass is 10.0. The molecule has 0 aromatic heterocycles. The van der Waals surface area contributed by atoms with Gasteiger partial charge in [-0.05, 0) is 77.0 Å². The van der Waals surface area contributed by atoms with Gasteiger partial charge in [-0.3, -0.25) is 14.4 Å². The molecule has 0 heterocycles. The number of hydrogen-bond donors (Lipinski definition) is 0. The smallest absolute Gasteiger partial charge is 0.306 e. The minimum atomic E-state index is -0.785. The molecule has 0 N–H and O–H groups in total. The van der Waals surface area contributed by atoms with Crippen molar-refractivity contribution in [2.75, 3.05) is 13.2 Å². The highest BCUT2D eigenvalue weighted by molar-refractivity contribution is 5.71. The zero-order valence-corrected chi connectivity index (χ0v) is 52.2. The van der Waals surface area contributed by atoms with Gasteiger partial charge in [0.2, 0.25) is 0 Å². The average Bonchev–Trinajstić information content (AvgIpc) is 3.44. The lowest BCUT2D eigenvalue weighted by Gasteiger charge is -2.18. The second kappa shape index (κ2) is 66.6. The van der Waals surface area contributed by atoms with Crippen molar-refractivity contribution >= 4 is 17.9 Å². The summed E-state index contributed by atoms with van der Waals surface area (Å²) < 4.78 is 16.9. The maximum atomic E-state index is 12.9. The van der Waals surface area contributed by atoms with Gasteiger partial charge in [-0.2, -0.15) is 0 Å². The summed E-state index contributed by atoms with van der Waals surface area (Å²) in [6.07, 6.45) is 85.4. The molecule has 0 amide bonds. The van der Waals surface area contributed by atoms with Gasteiger partial charge in [-0.15, -0.1) is 0 Å². The predicted molar refractivity (Wildman–Crippen MR) is 339 cm³/mol. The Morgan fingerprint density at radius 2 is 0.513 bits per heavy atom. The van der Waals surface area contributed by atoms with Gasteiger partial charge in [0.05, 0.1) is 0 Å². The van der Waals surface area contributed by atoms with Crippen molar-refractivity contribution in [3.63, 3.8) is 0 Å². The van der Waals surface area contributed by atoms with Crippen molar-refractivity contribution in [3.05, 3.63) is 60.8 Å². The number of rotatable bonds is 63. The Morgan fingerprint density at radius 3 is 0.821 bits per heavy atom. The molecule has 0 rings (SSSR count). The Morgan fingerprint density at radius 1 is 0.269 bits per heavy atom. The van der Waals surface area contributed by atoms with Crippen LogP contribution < -0.4 is 0 Å². The van der Waals surface area contributed by atoms with E-state index in [0.29, 0.717) is 19.3 Å². The number of carbonyl (C=O) groups is 3. The molecule has 78 heavy (non-hydrogen) atoms. The molecule has 0 saturated carbocycles. The van der Waals surface area contributed by atoms with Gasteiger partial charge < -0.3 is 14.2 Å². The van der Waals surface area contributed by atoms with E-state index < -0.39 is 6.10 Å². The van der Waals surface area contributed by atoms with Crippen LogP contribution >= 0.6 is 0 Å². The Kier molecular flexibility index (Phi) is 64.2. The molecule has 6 nitrogen and oxygen atoms in total. The van der Waals surface area contributed by atoms with Gasteiger partial charge in [0.1, 0.15) is 13.2 Å². The van der Waals surface area contributed by atoms with Crippen LogP contribution in [0.2, 0.25) is 0 Å². The van der Waals surface area contributed by atoms with E-state index >= 15 is 0 Å². The lowest BCUT2D eigenvalue weighted by molar-refractivity contribution is -0.167. The van der Waals surface area contributed by atoms with Crippen LogP contribution in [0.4, 0.5) is 0 Å². The average molecular weight is 1090 g/mol. The second-order valence-electron chi connectivity index (χ2n) is 23.1. The van der Waals surface area contributed by atoms with Crippen LogP contribution in [-0.4, -0.2) is 37.2 Å². The number of unbranched alkanes of at least 4 members (excludes halogenated alkanes) is 42. The molecule has 0 saturated heterocycles. The van der Waals surface area contributed by atoms with E-state index in [9.17, 15) is 14.4 Å². The maximum absolute atomic E-state index is 12.9. The highest BCUT2D eigenvalue weighted by Crippen LogP contribution is 2.18. The number of esters is 3. The van der Waals surface area contributed by atoms with E-state index in [1.807, 2.05) is 0 Å². The largest absolute Gasteiger partial charge is 0.462 e. The molecule has 1 unspecified atom stereocenters. The highest BCUT2D eigenvalue weighted by Gasteiger charge is 2.19. The monoisotopic (exact) mass is 1090 g/mol. The zero-order chi connectivity index (χ0) is 56.4. The third-order valence-corrected chi connectivity index (χ3v) is 15.3.